The van der Waals surface area contributed by atoms with Gasteiger partial charge in [0, 0.05) is 98.7 Å². The molecule has 2 rings (SSSR count). The molecule has 0 bridgehead atoms. The van der Waals surface area contributed by atoms with Crippen LogP contribution in [0.25, 0.3) is 11.1 Å². The van der Waals surface area contributed by atoms with Gasteiger partial charge in [-0.25, -0.2) is 0 Å². The number of halogens is 1. The summed E-state index contributed by atoms with van der Waals surface area (Å²) < 4.78 is 0.917. The Labute approximate surface area is 182 Å². The van der Waals surface area contributed by atoms with Crippen molar-refractivity contribution < 1.29 is 93.2 Å². The molecule has 1 aromatic rings. The molecule has 1 aliphatic rings. The van der Waals surface area contributed by atoms with Crippen molar-refractivity contribution in [2.45, 2.75) is 31.5 Å². The van der Waals surface area contributed by atoms with E-state index < -0.39 is 17.7 Å². The maximum absolute atomic E-state index is 9.95. The average Bonchev–Trinajstić information content (AvgIpc) is 2.16. The minimum atomic E-state index is -0.751. The van der Waals surface area contributed by atoms with Crippen molar-refractivity contribution in [2.24, 2.45) is 0 Å². The van der Waals surface area contributed by atoms with Gasteiger partial charge in [0.2, 0.25) is 0 Å². The second kappa shape index (κ2) is 7.35. The van der Waals surface area contributed by atoms with Crippen LogP contribution in [0, 0.1) is 88.1 Å². The third-order valence-electron chi connectivity index (χ3n) is 2.77. The van der Waals surface area contributed by atoms with E-state index in [1.54, 1.807) is 0 Å². The van der Waals surface area contributed by atoms with E-state index in [4.69, 9.17) is 5.73 Å². The van der Waals surface area contributed by atoms with Crippen LogP contribution in [0.2, 0.25) is 0 Å². The smallest absolute Gasteiger partial charge is 0.0309 e. The van der Waals surface area contributed by atoms with Crippen LogP contribution >= 0.6 is 15.9 Å². The fraction of sp³-hybridized carbons (Fsp3) is 0.455. The van der Waals surface area contributed by atoms with Crippen LogP contribution in [-0.4, -0.2) is 16.7 Å². The first-order valence-corrected chi connectivity index (χ1v) is 5.62. The van der Waals surface area contributed by atoms with Gasteiger partial charge in [-0.05, 0) is 12.1 Å². The third-order valence-corrected chi connectivity index (χ3v) is 3.27. The summed E-state index contributed by atoms with van der Waals surface area (Å²) >= 11 is 3.36. The Kier molecular flexibility index (Phi) is 8.35. The molecular formula is C11H13Ac2BrN2O-2. The summed E-state index contributed by atoms with van der Waals surface area (Å²) in [7, 11) is 0. The molecule has 0 aromatic heterocycles. The number of hydrogen-bond donors (Lipinski definition) is 1. The van der Waals surface area contributed by atoms with Gasteiger partial charge in [0.1, 0.15) is 0 Å². The molecule has 2 radical (unpaired) electrons. The maximum Gasteiger partial charge on any atom is 0.0309 e. The summed E-state index contributed by atoms with van der Waals surface area (Å²) in [4.78, 5) is 0. The standard InChI is InChI=1S/C11H13BrN2O.2Ac/c1-11(2)10(15)9(13)7-5-6(12)3-4-8(7)14-11;;/h3-5,9-10,13,15H,1-2H3;;/q-2;;/t9-,10+;;/m1../s1. The summed E-state index contributed by atoms with van der Waals surface area (Å²) in [5.41, 5.74) is 9.01. The van der Waals surface area contributed by atoms with Crippen molar-refractivity contribution in [1.82, 2.24) is 0 Å². The zero-order chi connectivity index (χ0) is 11.2. The summed E-state index contributed by atoms with van der Waals surface area (Å²) in [6.45, 7) is 3.70. The first-order chi connectivity index (χ1) is 6.92. The Bertz CT molecular complexity index is 401. The Morgan fingerprint density at radius 2 is 1.94 bits per heavy atom. The first-order valence-electron chi connectivity index (χ1n) is 4.83. The number of benzene rings is 1. The van der Waals surface area contributed by atoms with Gasteiger partial charge in [-0.3, -0.25) is 0 Å². The second-order valence-electron chi connectivity index (χ2n) is 4.39. The zero-order valence-electron chi connectivity index (χ0n) is 9.81. The summed E-state index contributed by atoms with van der Waals surface area (Å²) in [5.74, 6) is 0. The zero-order valence-corrected chi connectivity index (χ0v) is 20.9. The van der Waals surface area contributed by atoms with E-state index in [-0.39, 0.29) is 88.1 Å². The van der Waals surface area contributed by atoms with E-state index in [0.717, 1.165) is 15.7 Å². The topological polar surface area (TPSA) is 58.1 Å². The molecule has 1 aliphatic heterocycles. The van der Waals surface area contributed by atoms with Gasteiger partial charge in [-0.2, -0.15) is 0 Å². The average molecular weight is 723 g/mol. The summed E-state index contributed by atoms with van der Waals surface area (Å²) in [6.07, 6.45) is -0.751. The molecule has 0 unspecified atom stereocenters. The van der Waals surface area contributed by atoms with Crippen molar-refractivity contribution in [3.05, 3.63) is 39.3 Å². The van der Waals surface area contributed by atoms with Crippen LogP contribution in [0.15, 0.2) is 22.7 Å². The Balaban J connectivity index is 0.00000128. The summed E-state index contributed by atoms with van der Waals surface area (Å²) in [5, 5.41) is 14.4. The van der Waals surface area contributed by atoms with Crippen LogP contribution in [0.3, 0.4) is 0 Å². The number of nitrogens with one attached hydrogen (secondary N) is 1. The molecular weight excluding hydrogens is 710 g/mol. The van der Waals surface area contributed by atoms with Crippen LogP contribution in [0.1, 0.15) is 25.5 Å². The molecule has 6 heteroatoms. The molecule has 3 nitrogen and oxygen atoms in total. The normalized spacial score (nSPS) is 24.8. The number of fused-ring (bicyclic) bond motifs is 1. The molecule has 1 aromatic carbocycles. The number of rotatable bonds is 0. The van der Waals surface area contributed by atoms with Gasteiger partial charge in [0.15, 0.2) is 0 Å². The van der Waals surface area contributed by atoms with Crippen LogP contribution < -0.4 is 0 Å². The van der Waals surface area contributed by atoms with E-state index >= 15 is 0 Å². The molecule has 0 fully saturated rings. The van der Waals surface area contributed by atoms with Gasteiger partial charge in [-0.1, -0.05) is 53.0 Å². The molecule has 0 aliphatic carbocycles. The molecule has 2 atom stereocenters. The predicted octanol–water partition coefficient (Wildman–Crippen LogP) is 3.70. The third kappa shape index (κ3) is 4.13. The Morgan fingerprint density at radius 1 is 1.35 bits per heavy atom. The number of aliphatic hydroxyl groups excluding tert-OH is 1. The van der Waals surface area contributed by atoms with Gasteiger partial charge in [0.05, 0.1) is 0 Å². The van der Waals surface area contributed by atoms with E-state index in [1.165, 1.54) is 0 Å². The Hall–Kier alpha value is 2.30. The molecule has 0 amide bonds. The fourth-order valence-corrected chi connectivity index (χ4v) is 2.21. The molecule has 1 heterocycles. The largest absolute Gasteiger partial charge is 0.677 e. The van der Waals surface area contributed by atoms with Crippen molar-refractivity contribution in [2.75, 3.05) is 0 Å². The first kappa shape index (κ1) is 19.3. The monoisotopic (exact) mass is 722 g/mol. The molecule has 0 spiro atoms. The van der Waals surface area contributed by atoms with Crippen molar-refractivity contribution in [1.29, 1.82) is 0 Å². The summed E-state index contributed by atoms with van der Waals surface area (Å²) in [6, 6.07) is 5.02. The maximum atomic E-state index is 9.95. The van der Waals surface area contributed by atoms with Gasteiger partial charge in [0.25, 0.3) is 0 Å². The van der Waals surface area contributed by atoms with Crippen LogP contribution in [0.4, 0.5) is 5.69 Å². The minimum Gasteiger partial charge on any atom is -0.677 e. The fourth-order valence-electron chi connectivity index (χ4n) is 1.83. The number of aliphatic hydroxyl groups is 1. The van der Waals surface area contributed by atoms with E-state index in [9.17, 15) is 5.11 Å². The van der Waals surface area contributed by atoms with Gasteiger partial charge < -0.3 is 16.2 Å². The molecule has 0 saturated heterocycles. The van der Waals surface area contributed by atoms with Crippen molar-refractivity contribution >= 4 is 21.6 Å². The molecule has 0 saturated carbocycles. The van der Waals surface area contributed by atoms with Crippen LogP contribution in [-0.2, 0) is 0 Å². The predicted molar refractivity (Wildman–Crippen MR) is 64.3 cm³/mol. The van der Waals surface area contributed by atoms with Crippen molar-refractivity contribution in [3.8, 4) is 0 Å². The number of hydrogen-bond acceptors (Lipinski definition) is 1. The minimum absolute atomic E-state index is 0. The molecule has 17 heavy (non-hydrogen) atoms. The second-order valence-corrected chi connectivity index (χ2v) is 5.31. The molecule has 88 valence electrons. The molecule has 2 N–H and O–H groups in total. The van der Waals surface area contributed by atoms with Crippen LogP contribution in [0.5, 0.6) is 0 Å². The van der Waals surface area contributed by atoms with Crippen molar-refractivity contribution in [3.63, 3.8) is 0 Å². The van der Waals surface area contributed by atoms with E-state index in [2.05, 4.69) is 21.2 Å². The van der Waals surface area contributed by atoms with E-state index in [1.807, 2.05) is 32.0 Å². The number of nitrogens with zero attached hydrogens (tertiary/aromatic N) is 1. The Morgan fingerprint density at radius 3 is 2.53 bits per heavy atom. The van der Waals surface area contributed by atoms with Gasteiger partial charge in [-0.15, -0.1) is 5.69 Å². The van der Waals surface area contributed by atoms with Gasteiger partial charge >= 0.3 is 0 Å². The SMILES string of the molecule is CC1(C)[N-]c2ccc(Br)cc2[C@@H]([NH-])[C@@H]1O.[Ac].[Ac]. The van der Waals surface area contributed by atoms with E-state index in [0.29, 0.717) is 0 Å². The quantitative estimate of drug-likeness (QED) is 0.437.